The molecule has 68 valence electrons. The summed E-state index contributed by atoms with van der Waals surface area (Å²) in [5.74, 6) is -0.153. The quantitative estimate of drug-likeness (QED) is 0.663. The van der Waals surface area contributed by atoms with Crippen LogP contribution in [0.2, 0.25) is 0 Å². The Morgan fingerprint density at radius 1 is 1.23 bits per heavy atom. The van der Waals surface area contributed by atoms with E-state index in [1.54, 1.807) is 24.3 Å². The van der Waals surface area contributed by atoms with Crippen LogP contribution in [0.5, 0.6) is 0 Å². The van der Waals surface area contributed by atoms with Crippen LogP contribution in [0, 0.1) is 0 Å². The number of urea groups is 1. The molecule has 0 atom stereocenters. The van der Waals surface area contributed by atoms with E-state index in [4.69, 9.17) is 5.73 Å². The van der Waals surface area contributed by atoms with Gasteiger partial charge in [-0.05, 0) is 0 Å². The summed E-state index contributed by atoms with van der Waals surface area (Å²) in [4.78, 5) is 21.6. The average Bonchev–Trinajstić information content (AvgIpc) is 2.15. The van der Waals surface area contributed by atoms with Crippen molar-refractivity contribution in [3.8, 4) is 0 Å². The zero-order valence-corrected chi connectivity index (χ0v) is 6.99. The lowest BCUT2D eigenvalue weighted by Crippen LogP contribution is -2.33. The molecular weight excluding hydrogens is 168 g/mol. The van der Waals surface area contributed by atoms with Gasteiger partial charge in [0.05, 0.1) is 6.54 Å². The molecular formula is C9H10N2O2. The molecule has 0 radical (unpaired) electrons. The SMILES string of the molecule is NC(=O)NCC(=O)c1ccccc1. The molecule has 0 fully saturated rings. The first-order valence-corrected chi connectivity index (χ1v) is 3.81. The number of primary amides is 1. The second-order valence-electron chi connectivity index (χ2n) is 2.51. The summed E-state index contributed by atoms with van der Waals surface area (Å²) in [6.07, 6.45) is 0. The van der Waals surface area contributed by atoms with Crippen LogP contribution in [-0.4, -0.2) is 18.4 Å². The highest BCUT2D eigenvalue weighted by molar-refractivity contribution is 5.99. The minimum absolute atomic E-state index is 0.0562. The number of hydrogen-bond acceptors (Lipinski definition) is 2. The summed E-state index contributed by atoms with van der Waals surface area (Å²) in [5.41, 5.74) is 5.38. The number of hydrogen-bond donors (Lipinski definition) is 2. The molecule has 2 amide bonds. The fraction of sp³-hybridized carbons (Fsp3) is 0.111. The number of carbonyl (C=O) groups is 2. The highest BCUT2D eigenvalue weighted by Crippen LogP contribution is 1.98. The van der Waals surface area contributed by atoms with Crippen molar-refractivity contribution in [2.45, 2.75) is 0 Å². The number of rotatable bonds is 3. The Bertz CT molecular complexity index is 309. The van der Waals surface area contributed by atoms with Crippen molar-refractivity contribution in [1.82, 2.24) is 5.32 Å². The van der Waals surface area contributed by atoms with Crippen molar-refractivity contribution >= 4 is 11.8 Å². The van der Waals surface area contributed by atoms with Gasteiger partial charge in [-0.15, -0.1) is 0 Å². The Hall–Kier alpha value is -1.84. The van der Waals surface area contributed by atoms with Crippen LogP contribution in [0.15, 0.2) is 30.3 Å². The third-order valence-corrected chi connectivity index (χ3v) is 1.52. The Labute approximate surface area is 75.7 Å². The van der Waals surface area contributed by atoms with Crippen LogP contribution >= 0.6 is 0 Å². The molecule has 0 aliphatic heterocycles. The number of nitrogens with two attached hydrogens (primary N) is 1. The van der Waals surface area contributed by atoms with Gasteiger partial charge in [-0.1, -0.05) is 30.3 Å². The van der Waals surface area contributed by atoms with E-state index in [2.05, 4.69) is 5.32 Å². The van der Waals surface area contributed by atoms with Crippen LogP contribution in [0.1, 0.15) is 10.4 Å². The molecule has 0 aliphatic rings. The van der Waals surface area contributed by atoms with E-state index in [9.17, 15) is 9.59 Å². The second-order valence-corrected chi connectivity index (χ2v) is 2.51. The number of nitrogens with one attached hydrogen (secondary N) is 1. The van der Waals surface area contributed by atoms with E-state index in [0.29, 0.717) is 5.56 Å². The van der Waals surface area contributed by atoms with Crippen LogP contribution in [-0.2, 0) is 0 Å². The van der Waals surface area contributed by atoms with Gasteiger partial charge in [0.15, 0.2) is 5.78 Å². The van der Waals surface area contributed by atoms with Gasteiger partial charge in [0.1, 0.15) is 0 Å². The number of amides is 2. The van der Waals surface area contributed by atoms with Gasteiger partial charge < -0.3 is 11.1 Å². The largest absolute Gasteiger partial charge is 0.352 e. The Morgan fingerprint density at radius 3 is 2.38 bits per heavy atom. The Balaban J connectivity index is 2.54. The lowest BCUT2D eigenvalue weighted by molar-refractivity contribution is 0.0993. The van der Waals surface area contributed by atoms with Gasteiger partial charge in [0.25, 0.3) is 0 Å². The number of ketones is 1. The first-order chi connectivity index (χ1) is 6.20. The third kappa shape index (κ3) is 2.94. The van der Waals surface area contributed by atoms with Crippen molar-refractivity contribution in [3.05, 3.63) is 35.9 Å². The predicted octanol–water partition coefficient (Wildman–Crippen LogP) is 0.538. The molecule has 0 spiro atoms. The second kappa shape index (κ2) is 4.25. The standard InChI is InChI=1S/C9H10N2O2/c10-9(13)11-6-8(12)7-4-2-1-3-5-7/h1-5H,6H2,(H3,10,11,13). The van der Waals surface area contributed by atoms with Crippen molar-refractivity contribution in [2.24, 2.45) is 5.73 Å². The molecule has 1 aromatic carbocycles. The van der Waals surface area contributed by atoms with Crippen LogP contribution in [0.4, 0.5) is 4.79 Å². The van der Waals surface area contributed by atoms with E-state index in [-0.39, 0.29) is 12.3 Å². The summed E-state index contributed by atoms with van der Waals surface area (Å²) < 4.78 is 0. The number of Topliss-reactive ketones (excluding diaryl/α,β-unsaturated/α-hetero) is 1. The zero-order valence-electron chi connectivity index (χ0n) is 6.99. The maximum Gasteiger partial charge on any atom is 0.312 e. The van der Waals surface area contributed by atoms with Crippen LogP contribution in [0.25, 0.3) is 0 Å². The van der Waals surface area contributed by atoms with Gasteiger partial charge in [0, 0.05) is 5.56 Å². The normalized spacial score (nSPS) is 9.23. The third-order valence-electron chi connectivity index (χ3n) is 1.52. The molecule has 0 heterocycles. The molecule has 0 aliphatic carbocycles. The molecule has 0 unspecified atom stereocenters. The first kappa shape index (κ1) is 9.25. The monoisotopic (exact) mass is 178 g/mol. The van der Waals surface area contributed by atoms with E-state index < -0.39 is 6.03 Å². The summed E-state index contributed by atoms with van der Waals surface area (Å²) in [7, 11) is 0. The molecule has 4 nitrogen and oxygen atoms in total. The molecule has 3 N–H and O–H groups in total. The topological polar surface area (TPSA) is 72.2 Å². The van der Waals surface area contributed by atoms with Crippen molar-refractivity contribution < 1.29 is 9.59 Å². The number of carbonyl (C=O) groups excluding carboxylic acids is 2. The first-order valence-electron chi connectivity index (χ1n) is 3.81. The smallest absolute Gasteiger partial charge is 0.312 e. The fourth-order valence-electron chi connectivity index (χ4n) is 0.894. The van der Waals surface area contributed by atoms with E-state index in [1.165, 1.54) is 0 Å². The number of benzene rings is 1. The Morgan fingerprint density at radius 2 is 1.85 bits per heavy atom. The minimum Gasteiger partial charge on any atom is -0.352 e. The average molecular weight is 178 g/mol. The lowest BCUT2D eigenvalue weighted by Gasteiger charge is -2.00. The van der Waals surface area contributed by atoms with E-state index in [0.717, 1.165) is 0 Å². The van der Waals surface area contributed by atoms with Gasteiger partial charge in [-0.3, -0.25) is 4.79 Å². The fourth-order valence-corrected chi connectivity index (χ4v) is 0.894. The van der Waals surface area contributed by atoms with Crippen LogP contribution in [0.3, 0.4) is 0 Å². The van der Waals surface area contributed by atoms with E-state index in [1.807, 2.05) is 6.07 Å². The predicted molar refractivity (Wildman–Crippen MR) is 48.4 cm³/mol. The summed E-state index contributed by atoms with van der Waals surface area (Å²) in [6.45, 7) is -0.0562. The molecule has 0 bridgehead atoms. The molecule has 0 saturated carbocycles. The summed E-state index contributed by atoms with van der Waals surface area (Å²) in [6, 6.07) is 8.02. The van der Waals surface area contributed by atoms with Gasteiger partial charge in [0.2, 0.25) is 0 Å². The van der Waals surface area contributed by atoms with Crippen molar-refractivity contribution in [1.29, 1.82) is 0 Å². The maximum absolute atomic E-state index is 11.3. The van der Waals surface area contributed by atoms with Crippen molar-refractivity contribution in [3.63, 3.8) is 0 Å². The zero-order chi connectivity index (χ0) is 9.68. The van der Waals surface area contributed by atoms with E-state index >= 15 is 0 Å². The van der Waals surface area contributed by atoms with Gasteiger partial charge in [-0.25, -0.2) is 4.79 Å². The molecule has 4 heteroatoms. The molecule has 0 aromatic heterocycles. The molecule has 1 aromatic rings. The summed E-state index contributed by atoms with van der Waals surface area (Å²) in [5, 5.41) is 2.23. The lowest BCUT2D eigenvalue weighted by atomic mass is 10.1. The van der Waals surface area contributed by atoms with Gasteiger partial charge in [-0.2, -0.15) is 0 Å². The van der Waals surface area contributed by atoms with Crippen LogP contribution < -0.4 is 11.1 Å². The molecule has 1 rings (SSSR count). The maximum atomic E-state index is 11.3. The minimum atomic E-state index is -0.690. The molecule has 13 heavy (non-hydrogen) atoms. The summed E-state index contributed by atoms with van der Waals surface area (Å²) >= 11 is 0. The highest BCUT2D eigenvalue weighted by atomic mass is 16.2. The Kier molecular flexibility index (Phi) is 3.03. The van der Waals surface area contributed by atoms with Crippen molar-refractivity contribution in [2.75, 3.05) is 6.54 Å². The highest BCUT2D eigenvalue weighted by Gasteiger charge is 2.04. The van der Waals surface area contributed by atoms with Gasteiger partial charge >= 0.3 is 6.03 Å². The molecule has 0 saturated heterocycles.